The molecular formula is C9H15O. The molecule has 0 amide bonds. The molecule has 2 aliphatic rings. The van der Waals surface area contributed by atoms with Gasteiger partial charge in [0, 0.05) is 6.61 Å². The third kappa shape index (κ3) is 1.07. The lowest BCUT2D eigenvalue weighted by Gasteiger charge is -2.31. The molecule has 1 saturated carbocycles. The summed E-state index contributed by atoms with van der Waals surface area (Å²) in [5.74, 6) is 0. The lowest BCUT2D eigenvalue weighted by atomic mass is 9.74. The SMILES string of the molecule is [CH]1CCC2(CC1)CCOC2. The van der Waals surface area contributed by atoms with Crippen molar-refractivity contribution in [1.82, 2.24) is 0 Å². The zero-order valence-electron chi connectivity index (χ0n) is 6.44. The van der Waals surface area contributed by atoms with Crippen LogP contribution in [0.1, 0.15) is 32.1 Å². The van der Waals surface area contributed by atoms with Crippen LogP contribution in [0.3, 0.4) is 0 Å². The van der Waals surface area contributed by atoms with Gasteiger partial charge in [-0.3, -0.25) is 0 Å². The normalized spacial score (nSPS) is 31.2. The quantitative estimate of drug-likeness (QED) is 0.499. The summed E-state index contributed by atoms with van der Waals surface area (Å²) in [6.07, 6.45) is 9.15. The molecule has 1 spiro atoms. The van der Waals surface area contributed by atoms with Crippen molar-refractivity contribution in [2.75, 3.05) is 13.2 Å². The zero-order valence-corrected chi connectivity index (χ0v) is 6.44. The fourth-order valence-corrected chi connectivity index (χ4v) is 2.13. The Hall–Kier alpha value is -0.0400. The Morgan fingerprint density at radius 3 is 2.50 bits per heavy atom. The van der Waals surface area contributed by atoms with Gasteiger partial charge in [0.05, 0.1) is 6.61 Å². The molecule has 0 atom stereocenters. The van der Waals surface area contributed by atoms with Crippen LogP contribution in [0.25, 0.3) is 0 Å². The first kappa shape index (κ1) is 6.66. The first-order valence-electron chi connectivity index (χ1n) is 4.31. The van der Waals surface area contributed by atoms with Gasteiger partial charge in [0.1, 0.15) is 0 Å². The van der Waals surface area contributed by atoms with Gasteiger partial charge in [-0.05, 0) is 43.9 Å². The van der Waals surface area contributed by atoms with Crippen LogP contribution in [0, 0.1) is 11.8 Å². The molecule has 0 N–H and O–H groups in total. The van der Waals surface area contributed by atoms with Crippen molar-refractivity contribution in [1.29, 1.82) is 0 Å². The standard InChI is InChI=1S/C9H15O/c1-2-4-9(5-3-1)6-7-10-8-9/h1H,2-8H2. The number of rotatable bonds is 0. The first-order chi connectivity index (χ1) is 4.91. The molecule has 0 aromatic rings. The van der Waals surface area contributed by atoms with E-state index in [0.29, 0.717) is 5.41 Å². The summed E-state index contributed by atoms with van der Waals surface area (Å²) in [6.45, 7) is 2.06. The largest absolute Gasteiger partial charge is 0.381 e. The number of hydrogen-bond acceptors (Lipinski definition) is 1. The molecule has 0 aromatic heterocycles. The number of hydrogen-bond donors (Lipinski definition) is 0. The molecule has 1 nitrogen and oxygen atoms in total. The highest BCUT2D eigenvalue weighted by atomic mass is 16.5. The molecule has 1 aliphatic heterocycles. The molecule has 57 valence electrons. The van der Waals surface area contributed by atoms with Crippen LogP contribution in [0.15, 0.2) is 0 Å². The summed E-state index contributed by atoms with van der Waals surface area (Å²) >= 11 is 0. The summed E-state index contributed by atoms with van der Waals surface area (Å²) in [6, 6.07) is 0. The van der Waals surface area contributed by atoms with Gasteiger partial charge in [0.15, 0.2) is 0 Å². The van der Waals surface area contributed by atoms with Gasteiger partial charge < -0.3 is 4.74 Å². The fourth-order valence-electron chi connectivity index (χ4n) is 2.13. The van der Waals surface area contributed by atoms with E-state index in [-0.39, 0.29) is 0 Å². The van der Waals surface area contributed by atoms with Crippen LogP contribution >= 0.6 is 0 Å². The summed E-state index contributed by atoms with van der Waals surface area (Å²) in [7, 11) is 0. The van der Waals surface area contributed by atoms with Crippen LogP contribution in [-0.4, -0.2) is 13.2 Å². The number of ether oxygens (including phenoxy) is 1. The zero-order chi connectivity index (χ0) is 6.86. The van der Waals surface area contributed by atoms with Crippen molar-refractivity contribution in [3.63, 3.8) is 0 Å². The highest BCUT2D eigenvalue weighted by Crippen LogP contribution is 2.42. The first-order valence-corrected chi connectivity index (χ1v) is 4.31. The van der Waals surface area contributed by atoms with Gasteiger partial charge in [-0.2, -0.15) is 0 Å². The van der Waals surface area contributed by atoms with E-state index in [0.717, 1.165) is 13.2 Å². The van der Waals surface area contributed by atoms with Crippen LogP contribution in [0.2, 0.25) is 0 Å². The highest BCUT2D eigenvalue weighted by molar-refractivity contribution is 4.90. The molecule has 1 heteroatoms. The van der Waals surface area contributed by atoms with E-state index < -0.39 is 0 Å². The minimum absolute atomic E-state index is 0.620. The fraction of sp³-hybridized carbons (Fsp3) is 0.889. The van der Waals surface area contributed by atoms with Gasteiger partial charge >= 0.3 is 0 Å². The van der Waals surface area contributed by atoms with Gasteiger partial charge in [0.2, 0.25) is 0 Å². The van der Waals surface area contributed by atoms with Gasteiger partial charge in [-0.1, -0.05) is 0 Å². The van der Waals surface area contributed by atoms with Crippen molar-refractivity contribution >= 4 is 0 Å². The minimum atomic E-state index is 0.620. The molecule has 0 bridgehead atoms. The summed E-state index contributed by atoms with van der Waals surface area (Å²) in [5.41, 5.74) is 0.620. The average molecular weight is 139 g/mol. The third-order valence-electron chi connectivity index (χ3n) is 2.94. The molecule has 2 fully saturated rings. The third-order valence-corrected chi connectivity index (χ3v) is 2.94. The Balaban J connectivity index is 1.98. The molecule has 1 radical (unpaired) electrons. The smallest absolute Gasteiger partial charge is 0.0523 e. The summed E-state index contributed by atoms with van der Waals surface area (Å²) in [5, 5.41) is 0. The topological polar surface area (TPSA) is 9.23 Å². The molecule has 1 saturated heterocycles. The maximum atomic E-state index is 5.42. The molecule has 0 aromatic carbocycles. The molecule has 1 aliphatic carbocycles. The Morgan fingerprint density at radius 2 is 1.90 bits per heavy atom. The summed E-state index contributed by atoms with van der Waals surface area (Å²) in [4.78, 5) is 0. The van der Waals surface area contributed by atoms with E-state index in [2.05, 4.69) is 6.42 Å². The minimum Gasteiger partial charge on any atom is -0.381 e. The monoisotopic (exact) mass is 139 g/mol. The van der Waals surface area contributed by atoms with Gasteiger partial charge in [-0.15, -0.1) is 0 Å². The van der Waals surface area contributed by atoms with E-state index in [4.69, 9.17) is 4.74 Å². The van der Waals surface area contributed by atoms with E-state index >= 15 is 0 Å². The van der Waals surface area contributed by atoms with Crippen LogP contribution < -0.4 is 0 Å². The van der Waals surface area contributed by atoms with Crippen molar-refractivity contribution in [2.24, 2.45) is 5.41 Å². The Bertz CT molecular complexity index is 106. The van der Waals surface area contributed by atoms with E-state index in [9.17, 15) is 0 Å². The molecule has 1 heterocycles. The molecular weight excluding hydrogens is 124 g/mol. The van der Waals surface area contributed by atoms with Gasteiger partial charge in [0.25, 0.3) is 0 Å². The van der Waals surface area contributed by atoms with Crippen molar-refractivity contribution in [2.45, 2.75) is 32.1 Å². The Labute approximate surface area is 62.8 Å². The highest BCUT2D eigenvalue weighted by Gasteiger charge is 2.35. The van der Waals surface area contributed by atoms with E-state index in [1.807, 2.05) is 0 Å². The summed E-state index contributed by atoms with van der Waals surface area (Å²) < 4.78 is 5.42. The Kier molecular flexibility index (Phi) is 1.69. The van der Waals surface area contributed by atoms with Crippen LogP contribution in [-0.2, 0) is 4.74 Å². The Morgan fingerprint density at radius 1 is 1.10 bits per heavy atom. The lowest BCUT2D eigenvalue weighted by Crippen LogP contribution is -2.23. The van der Waals surface area contributed by atoms with E-state index in [1.54, 1.807) is 0 Å². The van der Waals surface area contributed by atoms with Crippen molar-refractivity contribution < 1.29 is 4.74 Å². The predicted octanol–water partition coefficient (Wildman–Crippen LogP) is 2.17. The second-order valence-electron chi connectivity index (χ2n) is 3.67. The van der Waals surface area contributed by atoms with E-state index in [1.165, 1.54) is 32.1 Å². The van der Waals surface area contributed by atoms with Crippen LogP contribution in [0.4, 0.5) is 0 Å². The van der Waals surface area contributed by atoms with Crippen LogP contribution in [0.5, 0.6) is 0 Å². The maximum Gasteiger partial charge on any atom is 0.0523 e. The molecule has 10 heavy (non-hydrogen) atoms. The second-order valence-corrected chi connectivity index (χ2v) is 3.67. The maximum absolute atomic E-state index is 5.42. The second kappa shape index (κ2) is 2.54. The molecule has 2 rings (SSSR count). The average Bonchev–Trinajstić information content (AvgIpc) is 2.39. The van der Waals surface area contributed by atoms with Gasteiger partial charge in [-0.25, -0.2) is 0 Å². The molecule has 0 unspecified atom stereocenters. The van der Waals surface area contributed by atoms with Crippen molar-refractivity contribution in [3.8, 4) is 0 Å². The lowest BCUT2D eigenvalue weighted by molar-refractivity contribution is 0.132. The predicted molar refractivity (Wildman–Crippen MR) is 40.6 cm³/mol. The van der Waals surface area contributed by atoms with Crippen molar-refractivity contribution in [3.05, 3.63) is 6.42 Å².